The first-order valence-electron chi connectivity index (χ1n) is 7.58. The molecule has 132 valence electrons. The fourth-order valence-corrected chi connectivity index (χ4v) is 2.23. The second-order valence-electron chi connectivity index (χ2n) is 5.35. The van der Waals surface area contributed by atoms with Crippen LogP contribution in [-0.2, 0) is 4.79 Å². The Morgan fingerprint density at radius 1 is 1.12 bits per heavy atom. The van der Waals surface area contributed by atoms with Crippen molar-refractivity contribution in [1.29, 1.82) is 0 Å². The zero-order chi connectivity index (χ0) is 18.4. The fourth-order valence-electron chi connectivity index (χ4n) is 2.23. The predicted octanol–water partition coefficient (Wildman–Crippen LogP) is 2.58. The first-order valence-corrected chi connectivity index (χ1v) is 7.58. The third kappa shape index (κ3) is 4.76. The van der Waals surface area contributed by atoms with E-state index in [-0.39, 0.29) is 17.9 Å². The van der Waals surface area contributed by atoms with Gasteiger partial charge in [-0.05, 0) is 36.8 Å². The first kappa shape index (κ1) is 18.4. The molecule has 2 amide bonds. The van der Waals surface area contributed by atoms with Crippen LogP contribution in [0, 0.1) is 11.6 Å². The van der Waals surface area contributed by atoms with Gasteiger partial charge in [0.2, 0.25) is 5.91 Å². The van der Waals surface area contributed by atoms with Crippen molar-refractivity contribution in [3.8, 4) is 5.75 Å². The monoisotopic (exact) mass is 348 g/mol. The summed E-state index contributed by atoms with van der Waals surface area (Å²) in [7, 11) is 1.36. The Bertz CT molecular complexity index is 781. The van der Waals surface area contributed by atoms with Gasteiger partial charge in [0.25, 0.3) is 5.91 Å². The zero-order valence-electron chi connectivity index (χ0n) is 13.8. The smallest absolute Gasteiger partial charge is 0.254 e. The SMILES string of the molecule is COc1ccc([C@H](C)NC(=O)CNC(=O)c2ccccc2F)cc1F. The van der Waals surface area contributed by atoms with Crippen molar-refractivity contribution in [2.24, 2.45) is 0 Å². The topological polar surface area (TPSA) is 67.4 Å². The van der Waals surface area contributed by atoms with Crippen molar-refractivity contribution < 1.29 is 23.1 Å². The maximum Gasteiger partial charge on any atom is 0.254 e. The van der Waals surface area contributed by atoms with Crippen molar-refractivity contribution in [3.05, 3.63) is 65.2 Å². The van der Waals surface area contributed by atoms with Gasteiger partial charge in [0.15, 0.2) is 11.6 Å². The van der Waals surface area contributed by atoms with Gasteiger partial charge in [0.05, 0.1) is 25.3 Å². The van der Waals surface area contributed by atoms with E-state index in [9.17, 15) is 18.4 Å². The predicted molar refractivity (Wildman–Crippen MR) is 88.2 cm³/mol. The average Bonchev–Trinajstić information content (AvgIpc) is 2.60. The fraction of sp³-hybridized carbons (Fsp3) is 0.222. The van der Waals surface area contributed by atoms with Crippen LogP contribution in [-0.4, -0.2) is 25.5 Å². The number of nitrogens with one attached hydrogen (secondary N) is 2. The van der Waals surface area contributed by atoms with Crippen LogP contribution in [0.1, 0.15) is 28.9 Å². The van der Waals surface area contributed by atoms with E-state index in [1.54, 1.807) is 13.0 Å². The number of carbonyl (C=O) groups is 2. The summed E-state index contributed by atoms with van der Waals surface area (Å²) in [5.41, 5.74) is 0.410. The Kier molecular flexibility index (Phi) is 6.05. The Labute approximate surface area is 144 Å². The van der Waals surface area contributed by atoms with Gasteiger partial charge in [-0.2, -0.15) is 0 Å². The van der Waals surface area contributed by atoms with Crippen LogP contribution >= 0.6 is 0 Å². The molecule has 5 nitrogen and oxygen atoms in total. The molecule has 0 aliphatic carbocycles. The lowest BCUT2D eigenvalue weighted by molar-refractivity contribution is -0.120. The maximum atomic E-state index is 13.7. The van der Waals surface area contributed by atoms with E-state index in [4.69, 9.17) is 4.74 Å². The highest BCUT2D eigenvalue weighted by Gasteiger charge is 2.15. The number of benzene rings is 2. The molecule has 0 aliphatic rings. The van der Waals surface area contributed by atoms with Gasteiger partial charge >= 0.3 is 0 Å². The summed E-state index contributed by atoms with van der Waals surface area (Å²) >= 11 is 0. The maximum absolute atomic E-state index is 13.7. The molecular formula is C18H18F2N2O3. The van der Waals surface area contributed by atoms with Crippen LogP contribution in [0.5, 0.6) is 5.75 Å². The number of methoxy groups -OCH3 is 1. The Hall–Kier alpha value is -2.96. The average molecular weight is 348 g/mol. The highest BCUT2D eigenvalue weighted by atomic mass is 19.1. The summed E-state index contributed by atoms with van der Waals surface area (Å²) in [5, 5.41) is 4.97. The lowest BCUT2D eigenvalue weighted by Gasteiger charge is -2.15. The molecule has 2 aromatic carbocycles. The van der Waals surface area contributed by atoms with Crippen LogP contribution in [0.25, 0.3) is 0 Å². The molecule has 0 bridgehead atoms. The van der Waals surface area contributed by atoms with Crippen LogP contribution in [0.4, 0.5) is 8.78 Å². The summed E-state index contributed by atoms with van der Waals surface area (Å²) in [4.78, 5) is 23.8. The van der Waals surface area contributed by atoms with E-state index in [2.05, 4.69) is 10.6 Å². The Balaban J connectivity index is 1.90. The molecule has 0 radical (unpaired) electrons. The molecule has 0 unspecified atom stereocenters. The first-order chi connectivity index (χ1) is 11.9. The molecule has 2 aromatic rings. The summed E-state index contributed by atoms with van der Waals surface area (Å²) < 4.78 is 32.0. The minimum Gasteiger partial charge on any atom is -0.494 e. The van der Waals surface area contributed by atoms with Crippen molar-refractivity contribution >= 4 is 11.8 Å². The molecule has 0 saturated heterocycles. The van der Waals surface area contributed by atoms with Crippen LogP contribution in [0.2, 0.25) is 0 Å². The van der Waals surface area contributed by atoms with E-state index < -0.39 is 29.5 Å². The van der Waals surface area contributed by atoms with Gasteiger partial charge in [0.1, 0.15) is 5.82 Å². The Morgan fingerprint density at radius 3 is 2.48 bits per heavy atom. The highest BCUT2D eigenvalue weighted by Crippen LogP contribution is 2.21. The molecule has 0 heterocycles. The lowest BCUT2D eigenvalue weighted by atomic mass is 10.1. The van der Waals surface area contributed by atoms with E-state index in [1.165, 1.54) is 37.4 Å². The van der Waals surface area contributed by atoms with Crippen LogP contribution in [0.3, 0.4) is 0 Å². The van der Waals surface area contributed by atoms with Gasteiger partial charge in [0, 0.05) is 0 Å². The largest absolute Gasteiger partial charge is 0.494 e. The molecule has 0 spiro atoms. The molecule has 7 heteroatoms. The van der Waals surface area contributed by atoms with Gasteiger partial charge in [-0.15, -0.1) is 0 Å². The van der Waals surface area contributed by atoms with E-state index in [0.717, 1.165) is 6.07 Å². The lowest BCUT2D eigenvalue weighted by Crippen LogP contribution is -2.38. The van der Waals surface area contributed by atoms with Gasteiger partial charge in [-0.25, -0.2) is 8.78 Å². The number of amides is 2. The summed E-state index contributed by atoms with van der Waals surface area (Å²) in [6, 6.07) is 9.37. The third-order valence-corrected chi connectivity index (χ3v) is 3.58. The van der Waals surface area contributed by atoms with E-state index in [1.807, 2.05) is 0 Å². The molecular weight excluding hydrogens is 330 g/mol. The molecule has 25 heavy (non-hydrogen) atoms. The number of rotatable bonds is 6. The summed E-state index contributed by atoms with van der Waals surface area (Å²) in [6.45, 7) is 1.36. The van der Waals surface area contributed by atoms with E-state index >= 15 is 0 Å². The minimum absolute atomic E-state index is 0.111. The van der Waals surface area contributed by atoms with Gasteiger partial charge in [-0.3, -0.25) is 9.59 Å². The number of ether oxygens (including phenoxy) is 1. The second-order valence-corrected chi connectivity index (χ2v) is 5.35. The van der Waals surface area contributed by atoms with Crippen LogP contribution < -0.4 is 15.4 Å². The van der Waals surface area contributed by atoms with Crippen molar-refractivity contribution in [1.82, 2.24) is 10.6 Å². The molecule has 0 fully saturated rings. The molecule has 2 rings (SSSR count). The standard InChI is InChI=1S/C18H18F2N2O3/c1-11(12-7-8-16(25-2)15(20)9-12)22-17(23)10-21-18(24)13-5-3-4-6-14(13)19/h3-9,11H,10H2,1-2H3,(H,21,24)(H,22,23)/t11-/m0/s1. The minimum atomic E-state index is -0.684. The second kappa shape index (κ2) is 8.23. The zero-order valence-corrected chi connectivity index (χ0v) is 13.8. The quantitative estimate of drug-likeness (QED) is 0.843. The number of hydrogen-bond donors (Lipinski definition) is 2. The summed E-state index contributed by atoms with van der Waals surface area (Å²) in [6.07, 6.45) is 0. The van der Waals surface area contributed by atoms with Gasteiger partial charge < -0.3 is 15.4 Å². The molecule has 1 atom stereocenters. The van der Waals surface area contributed by atoms with Crippen molar-refractivity contribution in [3.63, 3.8) is 0 Å². The summed E-state index contributed by atoms with van der Waals surface area (Å²) in [5.74, 6) is -2.25. The molecule has 2 N–H and O–H groups in total. The number of halogens is 2. The van der Waals surface area contributed by atoms with Crippen LogP contribution in [0.15, 0.2) is 42.5 Å². The molecule has 0 aliphatic heterocycles. The third-order valence-electron chi connectivity index (χ3n) is 3.58. The normalized spacial score (nSPS) is 11.5. The number of carbonyl (C=O) groups excluding carboxylic acids is 2. The van der Waals surface area contributed by atoms with Crippen molar-refractivity contribution in [2.45, 2.75) is 13.0 Å². The highest BCUT2D eigenvalue weighted by molar-refractivity contribution is 5.96. The molecule has 0 aromatic heterocycles. The number of hydrogen-bond acceptors (Lipinski definition) is 3. The van der Waals surface area contributed by atoms with Gasteiger partial charge in [-0.1, -0.05) is 18.2 Å². The van der Waals surface area contributed by atoms with Crippen molar-refractivity contribution in [2.75, 3.05) is 13.7 Å². The van der Waals surface area contributed by atoms with E-state index in [0.29, 0.717) is 5.56 Å². The molecule has 0 saturated carbocycles. The Morgan fingerprint density at radius 2 is 1.84 bits per heavy atom.